The summed E-state index contributed by atoms with van der Waals surface area (Å²) in [7, 11) is -0.530. The van der Waals surface area contributed by atoms with Crippen LogP contribution in [0.5, 0.6) is 11.5 Å². The number of hydrogen-bond acceptors (Lipinski definition) is 7. The van der Waals surface area contributed by atoms with E-state index >= 15 is 0 Å². The molecule has 1 aliphatic heterocycles. The van der Waals surface area contributed by atoms with E-state index in [1.807, 2.05) is 12.1 Å². The summed E-state index contributed by atoms with van der Waals surface area (Å²) in [5.41, 5.74) is 0.760. The largest absolute Gasteiger partial charge is 0.493 e. The van der Waals surface area contributed by atoms with Gasteiger partial charge in [0, 0.05) is 30.6 Å². The number of ether oxygens (including phenoxy) is 2. The highest BCUT2D eigenvalue weighted by Crippen LogP contribution is 2.35. The molecule has 1 unspecified atom stereocenters. The number of fused-ring (bicyclic) bond motifs is 1. The summed E-state index contributed by atoms with van der Waals surface area (Å²) in [6, 6.07) is 3.52. The highest BCUT2D eigenvalue weighted by atomic mass is 32.2. The van der Waals surface area contributed by atoms with Crippen molar-refractivity contribution >= 4 is 26.9 Å². The molecule has 1 saturated heterocycles. The number of benzene rings is 1. The molecule has 9 nitrogen and oxygen atoms in total. The Labute approximate surface area is 152 Å². The van der Waals surface area contributed by atoms with Crippen molar-refractivity contribution in [2.75, 3.05) is 32.2 Å². The van der Waals surface area contributed by atoms with Crippen molar-refractivity contribution in [1.82, 2.24) is 14.7 Å². The van der Waals surface area contributed by atoms with Gasteiger partial charge < -0.3 is 14.4 Å². The summed E-state index contributed by atoms with van der Waals surface area (Å²) in [4.78, 5) is 10.9. The first kappa shape index (κ1) is 18.6. The van der Waals surface area contributed by atoms with Gasteiger partial charge in [0.15, 0.2) is 11.5 Å². The monoisotopic (exact) mass is 381 g/mol. The molecule has 1 aromatic heterocycles. The van der Waals surface area contributed by atoms with Gasteiger partial charge in [-0.1, -0.05) is 0 Å². The van der Waals surface area contributed by atoms with Crippen molar-refractivity contribution in [3.05, 3.63) is 18.5 Å². The Hall–Kier alpha value is -2.17. The molecule has 2 aromatic rings. The Balaban J connectivity index is 1.90. The van der Waals surface area contributed by atoms with Gasteiger partial charge in [-0.25, -0.2) is 15.1 Å². The summed E-state index contributed by atoms with van der Waals surface area (Å²) in [6.45, 7) is 1.43. The molecule has 3 N–H and O–H groups in total. The minimum atomic E-state index is -3.70. The average Bonchev–Trinajstić information content (AvgIpc) is 2.83. The first-order chi connectivity index (χ1) is 12.4. The second-order valence-electron chi connectivity index (χ2n) is 6.20. The van der Waals surface area contributed by atoms with Crippen LogP contribution in [0.25, 0.3) is 10.9 Å². The Morgan fingerprint density at radius 1 is 1.15 bits per heavy atom. The molecule has 142 valence electrons. The summed E-state index contributed by atoms with van der Waals surface area (Å²) < 4.78 is 35.8. The molecule has 1 aromatic carbocycles. The molecule has 0 radical (unpaired) electrons. The van der Waals surface area contributed by atoms with Gasteiger partial charge in [0.05, 0.1) is 19.7 Å². The fraction of sp³-hybridized carbons (Fsp3) is 0.500. The number of hydrogen-bond donors (Lipinski definition) is 2. The van der Waals surface area contributed by atoms with Crippen molar-refractivity contribution in [2.24, 2.45) is 5.14 Å². The third-order valence-corrected chi connectivity index (χ3v) is 5.14. The van der Waals surface area contributed by atoms with E-state index in [0.717, 1.165) is 36.1 Å². The van der Waals surface area contributed by atoms with Gasteiger partial charge >= 0.3 is 0 Å². The molecule has 0 aliphatic carbocycles. The van der Waals surface area contributed by atoms with E-state index in [1.165, 1.54) is 6.33 Å². The van der Waals surface area contributed by atoms with E-state index in [2.05, 4.69) is 19.6 Å². The molecule has 2 heterocycles. The zero-order valence-electron chi connectivity index (χ0n) is 14.8. The maximum absolute atomic E-state index is 11.3. The lowest BCUT2D eigenvalue weighted by Gasteiger charge is -2.23. The van der Waals surface area contributed by atoms with Gasteiger partial charge in [-0.2, -0.15) is 13.1 Å². The van der Waals surface area contributed by atoms with E-state index in [-0.39, 0.29) is 6.04 Å². The van der Waals surface area contributed by atoms with E-state index < -0.39 is 10.2 Å². The molecule has 0 bridgehead atoms. The SMILES string of the molecule is COc1cc2ncnc(N3CCCC(NS(N)(=O)=O)CC3)c2cc1OC. The average molecular weight is 381 g/mol. The smallest absolute Gasteiger partial charge is 0.274 e. The first-order valence-corrected chi connectivity index (χ1v) is 9.87. The number of nitrogens with zero attached hydrogens (tertiary/aromatic N) is 3. The summed E-state index contributed by atoms with van der Waals surface area (Å²) >= 11 is 0. The van der Waals surface area contributed by atoms with E-state index in [0.29, 0.717) is 24.5 Å². The van der Waals surface area contributed by atoms with Gasteiger partial charge in [-0.15, -0.1) is 0 Å². The molecular formula is C16H23N5O4S. The van der Waals surface area contributed by atoms with Crippen LogP contribution in [0, 0.1) is 0 Å². The molecule has 0 spiro atoms. The third kappa shape index (κ3) is 4.14. The predicted molar refractivity (Wildman–Crippen MR) is 98.7 cm³/mol. The van der Waals surface area contributed by atoms with Gasteiger partial charge in [0.25, 0.3) is 10.2 Å². The lowest BCUT2D eigenvalue weighted by molar-refractivity contribution is 0.356. The molecular weight excluding hydrogens is 358 g/mol. The fourth-order valence-electron chi connectivity index (χ4n) is 3.28. The minimum Gasteiger partial charge on any atom is -0.493 e. The molecule has 3 rings (SSSR count). The molecule has 1 aliphatic rings. The lowest BCUT2D eigenvalue weighted by atomic mass is 10.1. The Morgan fingerprint density at radius 2 is 1.88 bits per heavy atom. The van der Waals surface area contributed by atoms with E-state index in [1.54, 1.807) is 14.2 Å². The van der Waals surface area contributed by atoms with Gasteiger partial charge in [-0.05, 0) is 25.3 Å². The zero-order chi connectivity index (χ0) is 18.7. The highest BCUT2D eigenvalue weighted by molar-refractivity contribution is 7.87. The first-order valence-electron chi connectivity index (χ1n) is 8.33. The van der Waals surface area contributed by atoms with Crippen LogP contribution in [0.2, 0.25) is 0 Å². The van der Waals surface area contributed by atoms with Crippen molar-refractivity contribution in [3.63, 3.8) is 0 Å². The van der Waals surface area contributed by atoms with Crippen LogP contribution in [0.4, 0.5) is 5.82 Å². The van der Waals surface area contributed by atoms with Crippen molar-refractivity contribution in [3.8, 4) is 11.5 Å². The minimum absolute atomic E-state index is 0.169. The van der Waals surface area contributed by atoms with Gasteiger partial charge in [-0.3, -0.25) is 0 Å². The maximum atomic E-state index is 11.3. The topological polar surface area (TPSA) is 120 Å². The van der Waals surface area contributed by atoms with E-state index in [4.69, 9.17) is 14.6 Å². The van der Waals surface area contributed by atoms with E-state index in [9.17, 15) is 8.42 Å². The molecule has 1 fully saturated rings. The van der Waals surface area contributed by atoms with Gasteiger partial charge in [0.1, 0.15) is 12.1 Å². The van der Waals surface area contributed by atoms with Crippen molar-refractivity contribution in [1.29, 1.82) is 0 Å². The molecule has 0 amide bonds. The Morgan fingerprint density at radius 3 is 2.58 bits per heavy atom. The standard InChI is InChI=1S/C16H23N5O4S/c1-24-14-8-12-13(9-15(14)25-2)18-10-19-16(12)21-6-3-4-11(5-7-21)20-26(17,22)23/h8-11,20H,3-7H2,1-2H3,(H2,17,22,23). The number of anilines is 1. The van der Waals surface area contributed by atoms with Crippen molar-refractivity contribution in [2.45, 2.75) is 25.3 Å². The lowest BCUT2D eigenvalue weighted by Crippen LogP contribution is -2.39. The fourth-order valence-corrected chi connectivity index (χ4v) is 3.98. The second kappa shape index (κ2) is 7.60. The molecule has 10 heteroatoms. The Bertz CT molecular complexity index is 890. The van der Waals surface area contributed by atoms with Crippen LogP contribution in [-0.2, 0) is 10.2 Å². The number of rotatable bonds is 5. The van der Waals surface area contributed by atoms with Crippen LogP contribution in [0.3, 0.4) is 0 Å². The number of methoxy groups -OCH3 is 2. The summed E-state index contributed by atoms with van der Waals surface area (Å²) in [6.07, 6.45) is 3.73. The molecule has 26 heavy (non-hydrogen) atoms. The number of aromatic nitrogens is 2. The quantitative estimate of drug-likeness (QED) is 0.786. The Kier molecular flexibility index (Phi) is 5.44. The van der Waals surface area contributed by atoms with Crippen LogP contribution in [-0.4, -0.2) is 51.7 Å². The summed E-state index contributed by atoms with van der Waals surface area (Å²) in [5, 5.41) is 5.96. The molecule has 1 atom stereocenters. The number of nitrogens with one attached hydrogen (secondary N) is 1. The summed E-state index contributed by atoms with van der Waals surface area (Å²) in [5.74, 6) is 2.02. The van der Waals surface area contributed by atoms with Crippen LogP contribution in [0.1, 0.15) is 19.3 Å². The molecule has 0 saturated carbocycles. The highest BCUT2D eigenvalue weighted by Gasteiger charge is 2.22. The van der Waals surface area contributed by atoms with Crippen molar-refractivity contribution < 1.29 is 17.9 Å². The van der Waals surface area contributed by atoms with Gasteiger partial charge in [0.2, 0.25) is 0 Å². The maximum Gasteiger partial charge on any atom is 0.274 e. The van der Waals surface area contributed by atoms with Crippen LogP contribution in [0.15, 0.2) is 18.5 Å². The van der Waals surface area contributed by atoms with Crippen LogP contribution >= 0.6 is 0 Å². The zero-order valence-corrected chi connectivity index (χ0v) is 15.6. The third-order valence-electron chi connectivity index (χ3n) is 4.48. The number of nitrogens with two attached hydrogens (primary N) is 1. The second-order valence-corrected chi connectivity index (χ2v) is 7.53. The predicted octanol–water partition coefficient (Wildman–Crippen LogP) is 0.799. The normalized spacial score (nSPS) is 18.6. The van der Waals surface area contributed by atoms with Crippen LogP contribution < -0.4 is 24.2 Å².